The van der Waals surface area contributed by atoms with Crippen LogP contribution in [-0.4, -0.2) is 54.5 Å². The number of nitrogens with one attached hydrogen (secondary N) is 3. The third-order valence-electron chi connectivity index (χ3n) is 6.44. The molecule has 154 valence electrons. The van der Waals surface area contributed by atoms with Crippen LogP contribution < -0.4 is 16.0 Å². The van der Waals surface area contributed by atoms with Crippen molar-refractivity contribution in [1.29, 1.82) is 0 Å². The number of urea groups is 1. The third-order valence-corrected chi connectivity index (χ3v) is 6.44. The van der Waals surface area contributed by atoms with Gasteiger partial charge in [-0.3, -0.25) is 15.1 Å². The fourth-order valence-electron chi connectivity index (χ4n) is 4.59. The number of likely N-dealkylation sites (tertiary alicyclic amines) is 1. The zero-order chi connectivity index (χ0) is 18.8. The lowest BCUT2D eigenvalue weighted by Crippen LogP contribution is -2.55. The minimum absolute atomic E-state index is 0. The number of hydrogen-bond donors (Lipinski definition) is 3. The van der Waals surface area contributed by atoms with Crippen LogP contribution >= 0.6 is 24.0 Å². The van der Waals surface area contributed by atoms with Crippen LogP contribution in [0, 0.1) is 11.3 Å². The number of amides is 3. The highest BCUT2D eigenvalue weighted by Crippen LogP contribution is 2.37. The van der Waals surface area contributed by atoms with E-state index >= 15 is 0 Å². The van der Waals surface area contributed by atoms with Gasteiger partial charge < -0.3 is 15.5 Å². The number of hydrogen-bond acceptors (Lipinski definition) is 3. The quantitative estimate of drug-likeness (QED) is 0.244. The number of nitrogens with zero attached hydrogens (tertiary/aromatic N) is 2. The first-order valence-corrected chi connectivity index (χ1v) is 10.0. The molecular weight excluding hydrogens is 457 g/mol. The molecule has 0 radical (unpaired) electrons. The molecule has 1 aliphatic carbocycles. The van der Waals surface area contributed by atoms with E-state index in [1.165, 1.54) is 25.7 Å². The first-order chi connectivity index (χ1) is 12.4. The van der Waals surface area contributed by atoms with Gasteiger partial charge in [-0.1, -0.05) is 19.8 Å². The van der Waals surface area contributed by atoms with Gasteiger partial charge in [0.25, 0.3) is 5.91 Å². The van der Waals surface area contributed by atoms with Gasteiger partial charge in [-0.05, 0) is 50.9 Å². The first kappa shape index (κ1) is 22.2. The predicted octanol–water partition coefficient (Wildman–Crippen LogP) is 2.46. The first-order valence-electron chi connectivity index (χ1n) is 10.0. The van der Waals surface area contributed by atoms with E-state index in [0.717, 1.165) is 45.0 Å². The van der Waals surface area contributed by atoms with Crippen molar-refractivity contribution in [3.63, 3.8) is 0 Å². The summed E-state index contributed by atoms with van der Waals surface area (Å²) in [5.74, 6) is 0.945. The van der Waals surface area contributed by atoms with E-state index in [-0.39, 0.29) is 41.8 Å². The molecule has 1 saturated carbocycles. The Morgan fingerprint density at radius 1 is 1.22 bits per heavy atom. The molecule has 3 aliphatic rings. The summed E-state index contributed by atoms with van der Waals surface area (Å²) in [7, 11) is 0. The summed E-state index contributed by atoms with van der Waals surface area (Å²) in [6, 6.07) is -0.375. The van der Waals surface area contributed by atoms with Crippen LogP contribution in [0.5, 0.6) is 0 Å². The maximum atomic E-state index is 12.2. The lowest BCUT2D eigenvalue weighted by molar-refractivity contribution is -0.125. The van der Waals surface area contributed by atoms with Gasteiger partial charge in [-0.2, -0.15) is 0 Å². The highest BCUT2D eigenvalue weighted by Gasteiger charge is 2.48. The van der Waals surface area contributed by atoms with Crippen LogP contribution in [0.1, 0.15) is 59.3 Å². The molecular formula is C19H34IN5O2. The van der Waals surface area contributed by atoms with Crippen molar-refractivity contribution in [2.75, 3.05) is 26.2 Å². The summed E-state index contributed by atoms with van der Waals surface area (Å²) in [6.07, 6.45) is 6.91. The van der Waals surface area contributed by atoms with E-state index in [4.69, 9.17) is 4.99 Å². The van der Waals surface area contributed by atoms with E-state index in [0.29, 0.717) is 5.41 Å². The Hall–Kier alpha value is -1.06. The van der Waals surface area contributed by atoms with Crippen LogP contribution in [0.3, 0.4) is 0 Å². The highest BCUT2D eigenvalue weighted by molar-refractivity contribution is 14.0. The number of carbonyl (C=O) groups is 2. The van der Waals surface area contributed by atoms with Crippen LogP contribution in [-0.2, 0) is 4.79 Å². The van der Waals surface area contributed by atoms with Crippen LogP contribution in [0.25, 0.3) is 0 Å². The van der Waals surface area contributed by atoms with Crippen molar-refractivity contribution in [1.82, 2.24) is 20.9 Å². The molecule has 0 aromatic carbocycles. The molecule has 27 heavy (non-hydrogen) atoms. The molecule has 1 atom stereocenters. The second-order valence-electron chi connectivity index (χ2n) is 8.56. The van der Waals surface area contributed by atoms with Crippen LogP contribution in [0.4, 0.5) is 4.79 Å². The topological polar surface area (TPSA) is 85.8 Å². The van der Waals surface area contributed by atoms with Crippen molar-refractivity contribution < 1.29 is 9.59 Å². The normalized spacial score (nSPS) is 28.6. The molecule has 7 nitrogen and oxygen atoms in total. The number of carbonyl (C=O) groups excluding carboxylic acids is 2. The average molecular weight is 491 g/mol. The largest absolute Gasteiger partial charge is 0.357 e. The minimum atomic E-state index is -0.782. The monoisotopic (exact) mass is 491 g/mol. The average Bonchev–Trinajstić information content (AvgIpc) is 3.16. The van der Waals surface area contributed by atoms with Gasteiger partial charge in [0.15, 0.2) is 5.96 Å². The molecule has 2 aliphatic heterocycles. The zero-order valence-electron chi connectivity index (χ0n) is 16.8. The lowest BCUT2D eigenvalue weighted by atomic mass is 9.79. The van der Waals surface area contributed by atoms with Crippen LogP contribution in [0.15, 0.2) is 4.99 Å². The Kier molecular flexibility index (Phi) is 7.38. The molecule has 0 aromatic heterocycles. The molecule has 1 unspecified atom stereocenters. The van der Waals surface area contributed by atoms with E-state index in [1.54, 1.807) is 0 Å². The van der Waals surface area contributed by atoms with E-state index in [2.05, 4.69) is 34.7 Å². The van der Waals surface area contributed by atoms with Crippen molar-refractivity contribution >= 4 is 41.9 Å². The number of halogens is 1. The molecule has 8 heteroatoms. The summed E-state index contributed by atoms with van der Waals surface area (Å²) >= 11 is 0. The van der Waals surface area contributed by atoms with Crippen molar-refractivity contribution in [3.8, 4) is 0 Å². The Morgan fingerprint density at radius 2 is 1.85 bits per heavy atom. The summed E-state index contributed by atoms with van der Waals surface area (Å²) in [5.41, 5.74) is -0.436. The molecule has 0 aromatic rings. The predicted molar refractivity (Wildman–Crippen MR) is 117 cm³/mol. The Balaban J connectivity index is 0.00000261. The van der Waals surface area contributed by atoms with Gasteiger partial charge in [0.2, 0.25) is 0 Å². The van der Waals surface area contributed by atoms with Gasteiger partial charge >= 0.3 is 6.03 Å². The number of guanidine groups is 1. The van der Waals surface area contributed by atoms with Gasteiger partial charge in [-0.25, -0.2) is 4.79 Å². The van der Waals surface area contributed by atoms with Crippen molar-refractivity contribution in [2.24, 2.45) is 16.3 Å². The van der Waals surface area contributed by atoms with Crippen molar-refractivity contribution in [3.05, 3.63) is 0 Å². The summed E-state index contributed by atoms with van der Waals surface area (Å²) in [5, 5.41) is 8.63. The Labute approximate surface area is 179 Å². The number of aliphatic imine (C=N–C) groups is 1. The molecule has 2 heterocycles. The number of rotatable bonds is 4. The molecule has 3 fully saturated rings. The van der Waals surface area contributed by atoms with Gasteiger partial charge in [0.1, 0.15) is 5.54 Å². The van der Waals surface area contributed by atoms with Gasteiger partial charge in [-0.15, -0.1) is 24.0 Å². The zero-order valence-corrected chi connectivity index (χ0v) is 19.1. The molecule has 3 amide bonds. The maximum absolute atomic E-state index is 12.2. The minimum Gasteiger partial charge on any atom is -0.357 e. The standard InChI is InChI=1S/C19H33N5O2.HI/c1-4-20-16(21-13-18(2)9-5-6-10-18)24-11-7-14(8-12-24)19(3)15(25)22-17(26)23-19;/h14H,4-13H2,1-3H3,(H,20,21)(H2,22,23,25,26);1H. The van der Waals surface area contributed by atoms with E-state index < -0.39 is 5.54 Å². The van der Waals surface area contributed by atoms with Crippen LogP contribution in [0.2, 0.25) is 0 Å². The summed E-state index contributed by atoms with van der Waals surface area (Å²) in [4.78, 5) is 30.9. The second-order valence-corrected chi connectivity index (χ2v) is 8.56. The fraction of sp³-hybridized carbons (Fsp3) is 0.842. The van der Waals surface area contributed by atoms with E-state index in [1.807, 2.05) is 6.92 Å². The third kappa shape index (κ3) is 4.86. The molecule has 0 bridgehead atoms. The Bertz CT molecular complexity index is 583. The van der Waals surface area contributed by atoms with E-state index in [9.17, 15) is 9.59 Å². The number of imide groups is 1. The maximum Gasteiger partial charge on any atom is 0.322 e. The van der Waals surface area contributed by atoms with Crippen molar-refractivity contribution in [2.45, 2.75) is 64.8 Å². The SMILES string of the molecule is CCNC(=NCC1(C)CCCC1)N1CCC(C2(C)NC(=O)NC2=O)CC1.I. The molecule has 3 N–H and O–H groups in total. The summed E-state index contributed by atoms with van der Waals surface area (Å²) in [6.45, 7) is 9.73. The second kappa shape index (κ2) is 8.96. The summed E-state index contributed by atoms with van der Waals surface area (Å²) < 4.78 is 0. The smallest absolute Gasteiger partial charge is 0.322 e. The molecule has 0 spiro atoms. The number of piperidine rings is 1. The Morgan fingerprint density at radius 3 is 2.37 bits per heavy atom. The fourth-order valence-corrected chi connectivity index (χ4v) is 4.59. The molecule has 3 rings (SSSR count). The van der Waals surface area contributed by atoms with Gasteiger partial charge in [0.05, 0.1) is 0 Å². The molecule has 2 saturated heterocycles. The van der Waals surface area contributed by atoms with Gasteiger partial charge in [0, 0.05) is 26.2 Å². The lowest BCUT2D eigenvalue weighted by Gasteiger charge is -2.40. The highest BCUT2D eigenvalue weighted by atomic mass is 127.